The standard InChI is InChI=1S/C17H12ClNO5/c18-10-1-3-13(14(19)6-10)17(22)23-8-9-5-16(21)24-15-7-11(20)2-4-12(9)15/h1-7,20H,8,19H2. The van der Waals surface area contributed by atoms with Crippen LogP contribution in [0.1, 0.15) is 15.9 Å². The maximum atomic E-state index is 12.1. The van der Waals surface area contributed by atoms with E-state index in [2.05, 4.69) is 0 Å². The Morgan fingerprint density at radius 2 is 2.00 bits per heavy atom. The number of nitrogen functional groups attached to an aromatic ring is 1. The second kappa shape index (κ2) is 6.25. The number of hydrogen-bond donors (Lipinski definition) is 2. The van der Waals surface area contributed by atoms with Crippen LogP contribution < -0.4 is 11.4 Å². The minimum Gasteiger partial charge on any atom is -0.508 e. The van der Waals surface area contributed by atoms with Gasteiger partial charge in [0.25, 0.3) is 0 Å². The number of anilines is 1. The molecule has 0 spiro atoms. The van der Waals surface area contributed by atoms with E-state index in [1.807, 2.05) is 0 Å². The molecule has 0 amide bonds. The highest BCUT2D eigenvalue weighted by atomic mass is 35.5. The number of esters is 1. The van der Waals surface area contributed by atoms with E-state index in [1.165, 1.54) is 36.4 Å². The molecule has 0 saturated carbocycles. The van der Waals surface area contributed by atoms with Crippen molar-refractivity contribution in [2.45, 2.75) is 6.61 Å². The Bertz CT molecular complexity index is 996. The Hall–Kier alpha value is -2.99. The molecule has 1 heterocycles. The molecule has 0 atom stereocenters. The topological polar surface area (TPSA) is 103 Å². The van der Waals surface area contributed by atoms with Crippen molar-refractivity contribution in [1.29, 1.82) is 0 Å². The molecule has 0 aliphatic rings. The van der Waals surface area contributed by atoms with Crippen LogP contribution in [-0.2, 0) is 11.3 Å². The molecule has 0 aliphatic heterocycles. The van der Waals surface area contributed by atoms with Gasteiger partial charge in [-0.3, -0.25) is 0 Å². The van der Waals surface area contributed by atoms with Crippen molar-refractivity contribution in [3.8, 4) is 5.75 Å². The number of halogens is 1. The predicted molar refractivity (Wildman–Crippen MR) is 89.1 cm³/mol. The van der Waals surface area contributed by atoms with Gasteiger partial charge in [-0.2, -0.15) is 0 Å². The van der Waals surface area contributed by atoms with Crippen molar-refractivity contribution < 1.29 is 19.1 Å². The Morgan fingerprint density at radius 1 is 1.21 bits per heavy atom. The molecule has 7 heteroatoms. The Kier molecular flexibility index (Phi) is 4.14. The fraction of sp³-hybridized carbons (Fsp3) is 0.0588. The number of benzene rings is 2. The fourth-order valence-electron chi connectivity index (χ4n) is 2.28. The Morgan fingerprint density at radius 3 is 2.75 bits per heavy atom. The van der Waals surface area contributed by atoms with Gasteiger partial charge in [0.15, 0.2) is 0 Å². The largest absolute Gasteiger partial charge is 0.508 e. The molecule has 0 bridgehead atoms. The normalized spacial score (nSPS) is 10.7. The minimum absolute atomic E-state index is 0.0336. The third-order valence-corrected chi connectivity index (χ3v) is 3.64. The maximum Gasteiger partial charge on any atom is 0.340 e. The number of carbonyl (C=O) groups excluding carboxylic acids is 1. The smallest absolute Gasteiger partial charge is 0.340 e. The first-order valence-electron chi connectivity index (χ1n) is 6.92. The number of nitrogens with two attached hydrogens (primary N) is 1. The van der Waals surface area contributed by atoms with Gasteiger partial charge < -0.3 is 20.0 Å². The lowest BCUT2D eigenvalue weighted by atomic mass is 10.1. The average molecular weight is 346 g/mol. The van der Waals surface area contributed by atoms with Gasteiger partial charge in [-0.05, 0) is 30.3 Å². The van der Waals surface area contributed by atoms with E-state index in [0.717, 1.165) is 0 Å². The number of hydrogen-bond acceptors (Lipinski definition) is 6. The van der Waals surface area contributed by atoms with E-state index >= 15 is 0 Å². The molecule has 0 saturated heterocycles. The summed E-state index contributed by atoms with van der Waals surface area (Å²) in [7, 11) is 0. The van der Waals surface area contributed by atoms with Crippen LogP contribution in [-0.4, -0.2) is 11.1 Å². The van der Waals surface area contributed by atoms with Crippen molar-refractivity contribution in [3.63, 3.8) is 0 Å². The third kappa shape index (κ3) is 3.18. The third-order valence-electron chi connectivity index (χ3n) is 3.41. The number of phenolic OH excluding ortho intramolecular Hbond substituents is 1. The van der Waals surface area contributed by atoms with Gasteiger partial charge in [-0.25, -0.2) is 9.59 Å². The highest BCUT2D eigenvalue weighted by Crippen LogP contribution is 2.23. The molecular formula is C17H12ClNO5. The molecule has 3 rings (SSSR count). The summed E-state index contributed by atoms with van der Waals surface area (Å²) in [5.41, 5.74) is 6.19. The summed E-state index contributed by atoms with van der Waals surface area (Å²) in [6.07, 6.45) is 0. The molecule has 0 unspecified atom stereocenters. The minimum atomic E-state index is -0.635. The molecule has 2 aromatic carbocycles. The summed E-state index contributed by atoms with van der Waals surface area (Å²) in [6, 6.07) is 10.0. The zero-order valence-corrected chi connectivity index (χ0v) is 13.0. The van der Waals surface area contributed by atoms with Crippen LogP contribution in [0.3, 0.4) is 0 Å². The molecule has 24 heavy (non-hydrogen) atoms. The highest BCUT2D eigenvalue weighted by Gasteiger charge is 2.13. The number of phenols is 1. The van der Waals surface area contributed by atoms with Crippen LogP contribution in [0.2, 0.25) is 5.02 Å². The number of rotatable bonds is 3. The number of fused-ring (bicyclic) bond motifs is 1. The van der Waals surface area contributed by atoms with E-state index in [1.54, 1.807) is 6.07 Å². The van der Waals surface area contributed by atoms with Gasteiger partial charge in [0.2, 0.25) is 0 Å². The van der Waals surface area contributed by atoms with Crippen LogP contribution in [0, 0.1) is 0 Å². The first-order valence-corrected chi connectivity index (χ1v) is 7.30. The number of carbonyl (C=O) groups is 1. The molecule has 0 fully saturated rings. The zero-order valence-electron chi connectivity index (χ0n) is 12.3. The lowest BCUT2D eigenvalue weighted by molar-refractivity contribution is 0.0475. The molecule has 0 aliphatic carbocycles. The van der Waals surface area contributed by atoms with Gasteiger partial charge in [-0.1, -0.05) is 11.6 Å². The molecule has 6 nitrogen and oxygen atoms in total. The lowest BCUT2D eigenvalue weighted by Crippen LogP contribution is -2.10. The summed E-state index contributed by atoms with van der Waals surface area (Å²) >= 11 is 5.79. The summed E-state index contributed by atoms with van der Waals surface area (Å²) < 4.78 is 10.2. The summed E-state index contributed by atoms with van der Waals surface area (Å²) in [5, 5.41) is 10.4. The number of aromatic hydroxyl groups is 1. The van der Waals surface area contributed by atoms with Crippen LogP contribution in [0.4, 0.5) is 5.69 Å². The molecule has 0 radical (unpaired) electrons. The van der Waals surface area contributed by atoms with Crippen molar-refractivity contribution in [1.82, 2.24) is 0 Å². The second-order valence-corrected chi connectivity index (χ2v) is 5.52. The summed E-state index contributed by atoms with van der Waals surface area (Å²) in [6.45, 7) is -0.145. The van der Waals surface area contributed by atoms with Gasteiger partial charge in [0, 0.05) is 33.8 Å². The van der Waals surface area contributed by atoms with E-state index in [4.69, 9.17) is 26.5 Å². The zero-order chi connectivity index (χ0) is 17.3. The van der Waals surface area contributed by atoms with Crippen molar-refractivity contribution >= 4 is 34.2 Å². The molecule has 1 aromatic heterocycles. The van der Waals surface area contributed by atoms with E-state index in [9.17, 15) is 14.7 Å². The van der Waals surface area contributed by atoms with Crippen LogP contribution >= 0.6 is 11.6 Å². The maximum absolute atomic E-state index is 12.1. The van der Waals surface area contributed by atoms with Gasteiger partial charge in [0.1, 0.15) is 17.9 Å². The van der Waals surface area contributed by atoms with Crippen LogP contribution in [0.5, 0.6) is 5.75 Å². The van der Waals surface area contributed by atoms with Crippen molar-refractivity contribution in [2.75, 3.05) is 5.73 Å². The van der Waals surface area contributed by atoms with E-state index in [-0.39, 0.29) is 29.2 Å². The average Bonchev–Trinajstić information content (AvgIpc) is 2.51. The molecule has 3 aromatic rings. The van der Waals surface area contributed by atoms with Crippen molar-refractivity contribution in [3.05, 3.63) is 69.0 Å². The van der Waals surface area contributed by atoms with Crippen LogP contribution in [0.25, 0.3) is 11.0 Å². The van der Waals surface area contributed by atoms with Crippen molar-refractivity contribution in [2.24, 2.45) is 0 Å². The monoisotopic (exact) mass is 345 g/mol. The summed E-state index contributed by atoms with van der Waals surface area (Å²) in [4.78, 5) is 23.7. The lowest BCUT2D eigenvalue weighted by Gasteiger charge is -2.09. The van der Waals surface area contributed by atoms with Gasteiger partial charge >= 0.3 is 11.6 Å². The molecule has 3 N–H and O–H groups in total. The Balaban J connectivity index is 1.88. The molecular weight excluding hydrogens is 334 g/mol. The fourth-order valence-corrected chi connectivity index (χ4v) is 2.46. The predicted octanol–water partition coefficient (Wildman–Crippen LogP) is 3.09. The van der Waals surface area contributed by atoms with Gasteiger partial charge in [0.05, 0.1) is 5.56 Å². The first-order chi connectivity index (χ1) is 11.4. The van der Waals surface area contributed by atoms with E-state index in [0.29, 0.717) is 16.0 Å². The van der Waals surface area contributed by atoms with Crippen LogP contribution in [0.15, 0.2) is 51.7 Å². The molecule has 122 valence electrons. The summed E-state index contributed by atoms with van der Waals surface area (Å²) in [5.74, 6) is -0.668. The van der Waals surface area contributed by atoms with Gasteiger partial charge in [-0.15, -0.1) is 0 Å². The SMILES string of the molecule is Nc1cc(Cl)ccc1C(=O)OCc1cc(=O)oc2cc(O)ccc12. The van der Waals surface area contributed by atoms with E-state index < -0.39 is 11.6 Å². The first kappa shape index (κ1) is 15.9. The Labute approximate surface area is 141 Å². The number of ether oxygens (including phenoxy) is 1. The highest BCUT2D eigenvalue weighted by molar-refractivity contribution is 6.31. The second-order valence-electron chi connectivity index (χ2n) is 5.08. The quantitative estimate of drug-likeness (QED) is 0.429.